The lowest BCUT2D eigenvalue weighted by Crippen LogP contribution is -2.22. The molecule has 1 aliphatic heterocycles. The van der Waals surface area contributed by atoms with Gasteiger partial charge in [0.25, 0.3) is 0 Å². The molecule has 0 saturated heterocycles. The van der Waals surface area contributed by atoms with Gasteiger partial charge < -0.3 is 5.73 Å². The summed E-state index contributed by atoms with van der Waals surface area (Å²) in [5.41, 5.74) is 12.3. The van der Waals surface area contributed by atoms with Crippen LogP contribution in [0.3, 0.4) is 0 Å². The van der Waals surface area contributed by atoms with Crippen molar-refractivity contribution in [2.45, 2.75) is 51.0 Å². The van der Waals surface area contributed by atoms with E-state index in [1.54, 1.807) is 12.1 Å². The Morgan fingerprint density at radius 3 is 2.67 bits per heavy atom. The minimum absolute atomic E-state index is 0.0122. The lowest BCUT2D eigenvalue weighted by Gasteiger charge is -2.25. The van der Waals surface area contributed by atoms with E-state index in [9.17, 15) is 13.7 Å². The second kappa shape index (κ2) is 7.88. The number of aryl methyl sites for hydroxylation is 1. The Hall–Kier alpha value is -2.65. The third kappa shape index (κ3) is 3.75. The Morgan fingerprint density at radius 2 is 1.93 bits per heavy atom. The number of hydrogen-bond donors (Lipinski definition) is 1. The van der Waals surface area contributed by atoms with Crippen molar-refractivity contribution in [3.8, 4) is 17.2 Å². The molecule has 156 valence electrons. The maximum atomic E-state index is 13.0. The molecule has 30 heavy (non-hydrogen) atoms. The SMILES string of the molecule is Cc1cc(S(=O)(=O)C[C@@H]2CCC[C@@H](C#N)C2)ccc1-c1ccc2c(c1C)C(N)=NC2. The van der Waals surface area contributed by atoms with E-state index < -0.39 is 9.84 Å². The van der Waals surface area contributed by atoms with Crippen molar-refractivity contribution in [3.05, 3.63) is 52.6 Å². The molecule has 0 amide bonds. The molecule has 0 aromatic heterocycles. The Labute approximate surface area is 178 Å². The zero-order chi connectivity index (χ0) is 21.5. The zero-order valence-corrected chi connectivity index (χ0v) is 18.3. The smallest absolute Gasteiger partial charge is 0.178 e. The van der Waals surface area contributed by atoms with Gasteiger partial charge in [-0.3, -0.25) is 4.99 Å². The summed E-state index contributed by atoms with van der Waals surface area (Å²) in [4.78, 5) is 4.69. The topological polar surface area (TPSA) is 96.3 Å². The fourth-order valence-corrected chi connectivity index (χ4v) is 6.64. The molecule has 4 rings (SSSR count). The van der Waals surface area contributed by atoms with Crippen LogP contribution in [-0.4, -0.2) is 20.0 Å². The number of nitriles is 1. The number of aliphatic imine (C=N–C) groups is 1. The van der Waals surface area contributed by atoms with Crippen molar-refractivity contribution in [1.29, 1.82) is 5.26 Å². The maximum absolute atomic E-state index is 13.0. The summed E-state index contributed by atoms with van der Waals surface area (Å²) in [5.74, 6) is 0.746. The van der Waals surface area contributed by atoms with Crippen LogP contribution < -0.4 is 5.73 Å². The number of nitrogens with two attached hydrogens (primary N) is 1. The summed E-state index contributed by atoms with van der Waals surface area (Å²) < 4.78 is 26.1. The van der Waals surface area contributed by atoms with Gasteiger partial charge in [0.15, 0.2) is 9.84 Å². The van der Waals surface area contributed by atoms with Crippen molar-refractivity contribution in [2.24, 2.45) is 22.6 Å². The van der Waals surface area contributed by atoms with Crippen LogP contribution in [0, 0.1) is 37.0 Å². The van der Waals surface area contributed by atoms with Crippen LogP contribution in [0.5, 0.6) is 0 Å². The summed E-state index contributed by atoms with van der Waals surface area (Å²) in [7, 11) is -3.39. The first-order valence-electron chi connectivity index (χ1n) is 10.5. The molecule has 2 aromatic rings. The second-order valence-corrected chi connectivity index (χ2v) is 10.6. The summed E-state index contributed by atoms with van der Waals surface area (Å²) in [6.45, 7) is 4.61. The van der Waals surface area contributed by atoms with Gasteiger partial charge in [-0.1, -0.05) is 24.6 Å². The molecule has 1 heterocycles. The van der Waals surface area contributed by atoms with Crippen LogP contribution in [0.15, 0.2) is 40.2 Å². The van der Waals surface area contributed by atoms with Gasteiger partial charge in [-0.05, 0) is 79.0 Å². The van der Waals surface area contributed by atoms with Gasteiger partial charge in [0.05, 0.1) is 23.3 Å². The summed E-state index contributed by atoms with van der Waals surface area (Å²) in [6.07, 6.45) is 3.38. The zero-order valence-electron chi connectivity index (χ0n) is 17.5. The lowest BCUT2D eigenvalue weighted by atomic mass is 9.83. The van der Waals surface area contributed by atoms with Crippen LogP contribution in [-0.2, 0) is 16.4 Å². The van der Waals surface area contributed by atoms with E-state index in [0.717, 1.165) is 52.6 Å². The number of benzene rings is 2. The van der Waals surface area contributed by atoms with Crippen LogP contribution >= 0.6 is 0 Å². The predicted octanol–water partition coefficient (Wildman–Crippen LogP) is 4.29. The molecular formula is C24H27N3O2S. The molecule has 1 saturated carbocycles. The Balaban J connectivity index is 1.62. The molecule has 0 radical (unpaired) electrons. The van der Waals surface area contributed by atoms with Crippen LogP contribution in [0.2, 0.25) is 0 Å². The van der Waals surface area contributed by atoms with E-state index in [1.807, 2.05) is 19.9 Å². The summed E-state index contributed by atoms with van der Waals surface area (Å²) in [6, 6.07) is 11.8. The highest BCUT2D eigenvalue weighted by molar-refractivity contribution is 7.91. The van der Waals surface area contributed by atoms with Crippen molar-refractivity contribution in [2.75, 3.05) is 5.75 Å². The van der Waals surface area contributed by atoms with E-state index >= 15 is 0 Å². The van der Waals surface area contributed by atoms with E-state index in [-0.39, 0.29) is 17.6 Å². The quantitative estimate of drug-likeness (QED) is 0.796. The molecule has 5 nitrogen and oxygen atoms in total. The molecule has 0 spiro atoms. The van der Waals surface area contributed by atoms with Crippen molar-refractivity contribution < 1.29 is 8.42 Å². The first-order chi connectivity index (χ1) is 14.3. The van der Waals surface area contributed by atoms with Gasteiger partial charge in [-0.25, -0.2) is 8.42 Å². The standard InChI is InChI=1S/C24H27N3O2S/c1-15-10-20(30(28,29)14-18-5-3-4-17(11-18)12-25)7-9-21(15)22-8-6-19-13-27-24(26)23(19)16(22)2/h6-10,17-18H,3-5,11,13-14H2,1-2H3,(H2,26,27)/t17-,18-/m1/s1. The maximum Gasteiger partial charge on any atom is 0.178 e. The van der Waals surface area contributed by atoms with Crippen molar-refractivity contribution in [1.82, 2.24) is 0 Å². The highest BCUT2D eigenvalue weighted by atomic mass is 32.2. The van der Waals surface area contributed by atoms with Crippen LogP contribution in [0.4, 0.5) is 0 Å². The normalized spacial score (nSPS) is 21.0. The van der Waals surface area contributed by atoms with Crippen molar-refractivity contribution >= 4 is 15.7 Å². The lowest BCUT2D eigenvalue weighted by molar-refractivity contribution is 0.331. The third-order valence-corrected chi connectivity index (χ3v) is 8.38. The largest absolute Gasteiger partial charge is 0.383 e. The molecule has 1 aliphatic carbocycles. The van der Waals surface area contributed by atoms with Crippen LogP contribution in [0.1, 0.15) is 47.9 Å². The predicted molar refractivity (Wildman–Crippen MR) is 119 cm³/mol. The first-order valence-corrected chi connectivity index (χ1v) is 12.1. The van der Waals surface area contributed by atoms with Crippen molar-refractivity contribution in [3.63, 3.8) is 0 Å². The number of rotatable bonds is 4. The number of sulfone groups is 1. The van der Waals surface area contributed by atoms with E-state index in [4.69, 9.17) is 5.73 Å². The van der Waals surface area contributed by atoms with Gasteiger partial charge in [-0.2, -0.15) is 5.26 Å². The third-order valence-electron chi connectivity index (χ3n) is 6.49. The highest BCUT2D eigenvalue weighted by Gasteiger charge is 2.28. The molecule has 0 bridgehead atoms. The molecular weight excluding hydrogens is 394 g/mol. The molecule has 0 unspecified atom stereocenters. The molecule has 2 atom stereocenters. The number of nitrogens with zero attached hydrogens (tertiary/aromatic N) is 2. The minimum Gasteiger partial charge on any atom is -0.383 e. The van der Waals surface area contributed by atoms with Gasteiger partial charge in [0.2, 0.25) is 0 Å². The number of fused-ring (bicyclic) bond motifs is 1. The van der Waals surface area contributed by atoms with Gasteiger partial charge >= 0.3 is 0 Å². The number of hydrogen-bond acceptors (Lipinski definition) is 5. The Morgan fingerprint density at radius 1 is 1.17 bits per heavy atom. The second-order valence-electron chi connectivity index (χ2n) is 8.59. The van der Waals surface area contributed by atoms with Gasteiger partial charge in [-0.15, -0.1) is 0 Å². The molecule has 1 fully saturated rings. The molecule has 6 heteroatoms. The highest BCUT2D eigenvalue weighted by Crippen LogP contribution is 2.35. The Kier molecular flexibility index (Phi) is 5.42. The molecule has 2 N–H and O–H groups in total. The van der Waals surface area contributed by atoms with Gasteiger partial charge in [0, 0.05) is 11.5 Å². The minimum atomic E-state index is -3.39. The van der Waals surface area contributed by atoms with Gasteiger partial charge in [0.1, 0.15) is 5.84 Å². The Bertz CT molecular complexity index is 1180. The fourth-order valence-electron chi connectivity index (χ4n) is 4.90. The average Bonchev–Trinajstić information content (AvgIpc) is 3.10. The van der Waals surface area contributed by atoms with Crippen LogP contribution in [0.25, 0.3) is 11.1 Å². The first kappa shape index (κ1) is 20.6. The van der Waals surface area contributed by atoms with E-state index in [1.165, 1.54) is 0 Å². The summed E-state index contributed by atoms with van der Waals surface area (Å²) >= 11 is 0. The molecule has 2 aliphatic rings. The monoisotopic (exact) mass is 421 g/mol. The number of amidine groups is 1. The van der Waals surface area contributed by atoms with E-state index in [0.29, 0.717) is 23.7 Å². The summed E-state index contributed by atoms with van der Waals surface area (Å²) in [5, 5.41) is 9.18. The molecule has 2 aromatic carbocycles. The van der Waals surface area contributed by atoms with E-state index in [2.05, 4.69) is 23.2 Å². The average molecular weight is 422 g/mol. The fraction of sp³-hybridized carbons (Fsp3) is 0.417.